The van der Waals surface area contributed by atoms with E-state index in [4.69, 9.17) is 11.6 Å². The summed E-state index contributed by atoms with van der Waals surface area (Å²) in [5.41, 5.74) is 1.77. The third kappa shape index (κ3) is 8.34. The molecule has 4 nitrogen and oxygen atoms in total. The van der Waals surface area contributed by atoms with Crippen LogP contribution < -0.4 is 5.32 Å². The van der Waals surface area contributed by atoms with Crippen molar-refractivity contribution in [2.24, 2.45) is 0 Å². The molecule has 0 spiro atoms. The molecule has 1 fully saturated rings. The van der Waals surface area contributed by atoms with Crippen LogP contribution in [0.1, 0.15) is 43.2 Å². The van der Waals surface area contributed by atoms with Gasteiger partial charge < -0.3 is 10.2 Å². The van der Waals surface area contributed by atoms with E-state index < -0.39 is 6.04 Å². The summed E-state index contributed by atoms with van der Waals surface area (Å²) in [6.45, 7) is 0.236. The molecule has 0 saturated heterocycles. The quantitative estimate of drug-likeness (QED) is 0.278. The first-order valence-corrected chi connectivity index (χ1v) is 14.1. The van der Waals surface area contributed by atoms with Gasteiger partial charge in [-0.3, -0.25) is 9.59 Å². The molecule has 0 aromatic heterocycles. The van der Waals surface area contributed by atoms with Gasteiger partial charge in [0.2, 0.25) is 11.8 Å². The van der Waals surface area contributed by atoms with Crippen molar-refractivity contribution in [3.8, 4) is 0 Å². The van der Waals surface area contributed by atoms with Crippen molar-refractivity contribution in [1.29, 1.82) is 0 Å². The molecule has 1 aliphatic carbocycles. The van der Waals surface area contributed by atoms with Gasteiger partial charge in [-0.15, -0.1) is 11.8 Å². The number of nitrogens with zero attached hydrogens (tertiary/aromatic N) is 1. The van der Waals surface area contributed by atoms with Gasteiger partial charge in [0, 0.05) is 41.1 Å². The summed E-state index contributed by atoms with van der Waals surface area (Å²) in [5, 5.41) is 3.88. The second-order valence-electron chi connectivity index (χ2n) is 9.40. The lowest BCUT2D eigenvalue weighted by Crippen LogP contribution is -2.52. The van der Waals surface area contributed by atoms with Gasteiger partial charge in [0.25, 0.3) is 0 Å². The Hall–Kier alpha value is -2.83. The van der Waals surface area contributed by atoms with Crippen molar-refractivity contribution in [2.45, 2.75) is 62.0 Å². The van der Waals surface area contributed by atoms with E-state index in [0.717, 1.165) is 41.7 Å². The molecule has 1 saturated carbocycles. The Bertz CT molecular complexity index is 1150. The van der Waals surface area contributed by atoms with Gasteiger partial charge in [-0.05, 0) is 60.4 Å². The lowest BCUT2D eigenvalue weighted by atomic mass is 10.0. The monoisotopic (exact) mass is 538 g/mol. The van der Waals surface area contributed by atoms with Crippen molar-refractivity contribution < 1.29 is 14.0 Å². The van der Waals surface area contributed by atoms with Crippen molar-refractivity contribution >= 4 is 35.2 Å². The van der Waals surface area contributed by atoms with Crippen molar-refractivity contribution in [3.05, 3.63) is 101 Å². The zero-order valence-corrected chi connectivity index (χ0v) is 22.3. The fourth-order valence-corrected chi connectivity index (χ4v) is 5.61. The van der Waals surface area contributed by atoms with Crippen LogP contribution in [0.25, 0.3) is 0 Å². The highest BCUT2D eigenvalue weighted by atomic mass is 35.5. The van der Waals surface area contributed by atoms with Crippen LogP contribution in [0.3, 0.4) is 0 Å². The standard InChI is InChI=1S/C30H32ClFN2O2S/c31-24-12-16-27(17-13-24)37-19-18-29(35)34(21-23-10-14-25(32)15-11-23)28(20-22-6-2-1-3-7-22)30(36)33-26-8-4-5-9-26/h1-3,6-7,10-17,26,28H,4-5,8-9,18-21H2,(H,33,36). The summed E-state index contributed by atoms with van der Waals surface area (Å²) in [6.07, 6.45) is 4.83. The second-order valence-corrected chi connectivity index (χ2v) is 11.0. The predicted molar refractivity (Wildman–Crippen MR) is 148 cm³/mol. The summed E-state index contributed by atoms with van der Waals surface area (Å²) in [6, 6.07) is 22.9. The lowest BCUT2D eigenvalue weighted by molar-refractivity contribution is -0.141. The topological polar surface area (TPSA) is 49.4 Å². The highest BCUT2D eigenvalue weighted by Gasteiger charge is 2.32. The van der Waals surface area contributed by atoms with E-state index in [2.05, 4.69) is 5.32 Å². The Labute approximate surface area is 227 Å². The second kappa shape index (κ2) is 13.6. The van der Waals surface area contributed by atoms with Gasteiger partial charge >= 0.3 is 0 Å². The van der Waals surface area contributed by atoms with E-state index in [1.165, 1.54) is 12.1 Å². The van der Waals surface area contributed by atoms with Gasteiger partial charge in [-0.2, -0.15) is 0 Å². The van der Waals surface area contributed by atoms with Crippen LogP contribution >= 0.6 is 23.4 Å². The molecule has 4 rings (SSSR count). The number of carbonyl (C=O) groups excluding carboxylic acids is 2. The molecule has 37 heavy (non-hydrogen) atoms. The number of thioether (sulfide) groups is 1. The molecule has 1 N–H and O–H groups in total. The molecule has 194 valence electrons. The van der Waals surface area contributed by atoms with E-state index in [-0.39, 0.29) is 36.6 Å². The maximum Gasteiger partial charge on any atom is 0.243 e. The predicted octanol–water partition coefficient (Wildman–Crippen LogP) is 6.66. The van der Waals surface area contributed by atoms with Crippen LogP contribution in [-0.2, 0) is 22.6 Å². The number of rotatable bonds is 11. The molecule has 3 aromatic rings. The van der Waals surface area contributed by atoms with Crippen molar-refractivity contribution in [1.82, 2.24) is 10.2 Å². The van der Waals surface area contributed by atoms with Crippen LogP contribution in [0, 0.1) is 5.82 Å². The van der Waals surface area contributed by atoms with E-state index >= 15 is 0 Å². The number of benzene rings is 3. The first kappa shape index (κ1) is 27.2. The highest BCUT2D eigenvalue weighted by Crippen LogP contribution is 2.23. The van der Waals surface area contributed by atoms with Gasteiger partial charge in [0.15, 0.2) is 0 Å². The number of hydrogen-bond donors (Lipinski definition) is 1. The maximum absolute atomic E-state index is 13.7. The SMILES string of the molecule is O=C(NC1CCCC1)C(Cc1ccccc1)N(Cc1ccc(F)cc1)C(=O)CCSc1ccc(Cl)cc1. The van der Waals surface area contributed by atoms with Crippen LogP contribution in [0.2, 0.25) is 5.02 Å². The van der Waals surface area contributed by atoms with Gasteiger partial charge in [0.05, 0.1) is 0 Å². The normalized spacial score (nSPS) is 14.3. The largest absolute Gasteiger partial charge is 0.352 e. The Morgan fingerprint density at radius 1 is 0.946 bits per heavy atom. The fourth-order valence-electron chi connectivity index (χ4n) is 4.64. The molecule has 0 radical (unpaired) electrons. The average molecular weight is 539 g/mol. The molecular weight excluding hydrogens is 507 g/mol. The molecule has 1 atom stereocenters. The molecule has 1 aliphatic rings. The minimum Gasteiger partial charge on any atom is -0.352 e. The zero-order valence-electron chi connectivity index (χ0n) is 20.7. The highest BCUT2D eigenvalue weighted by molar-refractivity contribution is 7.99. The third-order valence-electron chi connectivity index (χ3n) is 6.64. The van der Waals surface area contributed by atoms with Crippen molar-refractivity contribution in [3.63, 3.8) is 0 Å². The minimum atomic E-state index is -0.666. The summed E-state index contributed by atoms with van der Waals surface area (Å²) in [5.74, 6) is 0.00791. The molecule has 0 aliphatic heterocycles. The summed E-state index contributed by atoms with van der Waals surface area (Å²) in [7, 11) is 0. The molecule has 0 heterocycles. The van der Waals surface area contributed by atoms with Crippen LogP contribution in [0.4, 0.5) is 4.39 Å². The van der Waals surface area contributed by atoms with E-state index in [0.29, 0.717) is 17.2 Å². The van der Waals surface area contributed by atoms with E-state index in [9.17, 15) is 14.0 Å². The first-order chi connectivity index (χ1) is 18.0. The number of amides is 2. The number of hydrogen-bond acceptors (Lipinski definition) is 3. The summed E-state index contributed by atoms with van der Waals surface area (Å²) >= 11 is 7.56. The lowest BCUT2D eigenvalue weighted by Gasteiger charge is -2.32. The molecule has 1 unspecified atom stereocenters. The van der Waals surface area contributed by atoms with Crippen LogP contribution in [0.5, 0.6) is 0 Å². The van der Waals surface area contributed by atoms with Crippen LogP contribution in [-0.4, -0.2) is 34.6 Å². The molecular formula is C30H32ClFN2O2S. The van der Waals surface area contributed by atoms with Gasteiger partial charge in [0.1, 0.15) is 11.9 Å². The Balaban J connectivity index is 1.55. The third-order valence-corrected chi connectivity index (χ3v) is 7.90. The Morgan fingerprint density at radius 2 is 1.62 bits per heavy atom. The average Bonchev–Trinajstić information content (AvgIpc) is 3.42. The van der Waals surface area contributed by atoms with Crippen LogP contribution in [0.15, 0.2) is 83.8 Å². The summed E-state index contributed by atoms with van der Waals surface area (Å²) < 4.78 is 13.6. The Kier molecular flexibility index (Phi) is 10.0. The van der Waals surface area contributed by atoms with E-state index in [1.807, 2.05) is 54.6 Å². The molecule has 7 heteroatoms. The first-order valence-electron chi connectivity index (χ1n) is 12.7. The smallest absolute Gasteiger partial charge is 0.243 e. The minimum absolute atomic E-state index is 0.103. The number of nitrogens with one attached hydrogen (secondary N) is 1. The molecule has 2 amide bonds. The van der Waals surface area contributed by atoms with Crippen molar-refractivity contribution in [2.75, 3.05) is 5.75 Å². The molecule has 0 bridgehead atoms. The fraction of sp³-hybridized carbons (Fsp3) is 0.333. The van der Waals surface area contributed by atoms with Gasteiger partial charge in [-0.1, -0.05) is 66.9 Å². The number of carbonyl (C=O) groups is 2. The zero-order chi connectivity index (χ0) is 26.0. The summed E-state index contributed by atoms with van der Waals surface area (Å²) in [4.78, 5) is 30.0. The number of halogens is 2. The Morgan fingerprint density at radius 3 is 2.30 bits per heavy atom. The van der Waals surface area contributed by atoms with E-state index in [1.54, 1.807) is 28.8 Å². The maximum atomic E-state index is 13.7. The van der Waals surface area contributed by atoms with Gasteiger partial charge in [-0.25, -0.2) is 4.39 Å². The molecule has 3 aromatic carbocycles.